The molecule has 0 heterocycles. The molecule has 0 saturated carbocycles. The Morgan fingerprint density at radius 3 is 2.20 bits per heavy atom. The van der Waals surface area contributed by atoms with Gasteiger partial charge in [-0.25, -0.2) is 4.79 Å². The molecule has 0 atom stereocenters. The van der Waals surface area contributed by atoms with Gasteiger partial charge in [-0.1, -0.05) is 11.6 Å². The summed E-state index contributed by atoms with van der Waals surface area (Å²) >= 11 is 10.3. The van der Waals surface area contributed by atoms with Crippen LogP contribution >= 0.6 is 23.2 Å². The SMILES string of the molecule is O=C/C(CCl)=C(/Cl)C(=O)O. The first-order valence-corrected chi connectivity index (χ1v) is 3.17. The number of carbonyl (C=O) groups is 2. The van der Waals surface area contributed by atoms with Crippen LogP contribution in [-0.4, -0.2) is 23.2 Å². The van der Waals surface area contributed by atoms with Crippen molar-refractivity contribution in [1.29, 1.82) is 0 Å². The number of carboxylic acid groups (broad SMARTS) is 1. The zero-order valence-corrected chi connectivity index (χ0v) is 6.32. The number of allylic oxidation sites excluding steroid dienone is 1. The molecule has 0 aliphatic carbocycles. The number of alkyl halides is 1. The molecular weight excluding hydrogens is 179 g/mol. The monoisotopic (exact) mass is 182 g/mol. The highest BCUT2D eigenvalue weighted by atomic mass is 35.5. The van der Waals surface area contributed by atoms with E-state index in [0.717, 1.165) is 0 Å². The molecule has 0 rings (SSSR count). The molecule has 56 valence electrons. The molecule has 1 N–H and O–H groups in total. The van der Waals surface area contributed by atoms with Crippen molar-refractivity contribution in [1.82, 2.24) is 0 Å². The van der Waals surface area contributed by atoms with Crippen LogP contribution < -0.4 is 0 Å². The van der Waals surface area contributed by atoms with E-state index in [4.69, 9.17) is 28.3 Å². The second-order valence-corrected chi connectivity index (χ2v) is 2.04. The third-order valence-corrected chi connectivity index (χ3v) is 1.45. The van der Waals surface area contributed by atoms with E-state index in [1.807, 2.05) is 0 Å². The van der Waals surface area contributed by atoms with Gasteiger partial charge >= 0.3 is 5.97 Å². The highest BCUT2D eigenvalue weighted by Gasteiger charge is 2.09. The maximum atomic E-state index is 10.1. The second-order valence-electron chi connectivity index (χ2n) is 1.40. The second kappa shape index (κ2) is 4.30. The first-order valence-electron chi connectivity index (χ1n) is 2.26. The summed E-state index contributed by atoms with van der Waals surface area (Å²) in [7, 11) is 0. The Hall–Kier alpha value is -0.540. The molecule has 0 amide bonds. The average Bonchev–Trinajstić information content (AvgIpc) is 1.90. The fourth-order valence-electron chi connectivity index (χ4n) is 0.279. The Morgan fingerprint density at radius 2 is 2.10 bits per heavy atom. The van der Waals surface area contributed by atoms with Crippen molar-refractivity contribution in [3.8, 4) is 0 Å². The Balaban J connectivity index is 4.59. The number of aliphatic carboxylic acids is 1. The number of carbonyl (C=O) groups excluding carboxylic acids is 1. The fourth-order valence-corrected chi connectivity index (χ4v) is 0.656. The fraction of sp³-hybridized carbons (Fsp3) is 0.200. The van der Waals surface area contributed by atoms with E-state index >= 15 is 0 Å². The van der Waals surface area contributed by atoms with Crippen LogP contribution in [0, 0.1) is 0 Å². The molecule has 0 bridgehead atoms. The lowest BCUT2D eigenvalue weighted by atomic mass is 10.3. The molecule has 0 aromatic rings. The summed E-state index contributed by atoms with van der Waals surface area (Å²) in [4.78, 5) is 20.0. The van der Waals surface area contributed by atoms with Crippen molar-refractivity contribution in [2.45, 2.75) is 0 Å². The standard InChI is InChI=1S/C5H4Cl2O3/c6-1-3(2-8)4(7)5(9)10/h2H,1H2,(H,9,10)/b4-3+. The lowest BCUT2D eigenvalue weighted by Gasteiger charge is -1.92. The third kappa shape index (κ3) is 2.37. The summed E-state index contributed by atoms with van der Waals surface area (Å²) in [5, 5.41) is 7.68. The van der Waals surface area contributed by atoms with Gasteiger partial charge in [0.1, 0.15) is 11.3 Å². The maximum absolute atomic E-state index is 10.1. The Bertz CT molecular complexity index is 185. The van der Waals surface area contributed by atoms with Gasteiger partial charge < -0.3 is 5.11 Å². The zero-order valence-electron chi connectivity index (χ0n) is 4.80. The largest absolute Gasteiger partial charge is 0.477 e. The highest BCUT2D eigenvalue weighted by molar-refractivity contribution is 6.43. The summed E-state index contributed by atoms with van der Waals surface area (Å²) in [5.41, 5.74) is -0.115. The predicted octanol–water partition coefficient (Wildman–Crippen LogP) is 1.00. The molecule has 5 heteroatoms. The van der Waals surface area contributed by atoms with E-state index in [0.29, 0.717) is 6.29 Å². The van der Waals surface area contributed by atoms with Crippen LogP contribution in [0.5, 0.6) is 0 Å². The minimum Gasteiger partial charge on any atom is -0.477 e. The van der Waals surface area contributed by atoms with Crippen molar-refractivity contribution < 1.29 is 14.7 Å². The van der Waals surface area contributed by atoms with Crippen molar-refractivity contribution >= 4 is 35.5 Å². The zero-order chi connectivity index (χ0) is 8.15. The molecule has 0 aromatic carbocycles. The van der Waals surface area contributed by atoms with Crippen LogP contribution in [0.15, 0.2) is 10.6 Å². The van der Waals surface area contributed by atoms with Crippen molar-refractivity contribution in [2.75, 3.05) is 5.88 Å². The highest BCUT2D eigenvalue weighted by Crippen LogP contribution is 2.08. The van der Waals surface area contributed by atoms with Gasteiger partial charge in [0.25, 0.3) is 0 Å². The van der Waals surface area contributed by atoms with Crippen LogP contribution in [0.2, 0.25) is 0 Å². The van der Waals surface area contributed by atoms with Crippen molar-refractivity contribution in [3.05, 3.63) is 10.6 Å². The minimum atomic E-state index is -1.34. The van der Waals surface area contributed by atoms with Gasteiger partial charge in [0.05, 0.1) is 5.88 Å². The van der Waals surface area contributed by atoms with Gasteiger partial charge in [-0.15, -0.1) is 11.6 Å². The molecule has 0 spiro atoms. The number of aldehydes is 1. The maximum Gasteiger partial charge on any atom is 0.347 e. The van der Waals surface area contributed by atoms with E-state index in [-0.39, 0.29) is 11.5 Å². The molecule has 0 radical (unpaired) electrons. The van der Waals surface area contributed by atoms with Crippen LogP contribution in [0.1, 0.15) is 0 Å². The first-order chi connectivity index (χ1) is 4.63. The molecule has 0 saturated heterocycles. The Labute approximate surface area is 67.2 Å². The average molecular weight is 183 g/mol. The Morgan fingerprint density at radius 1 is 1.60 bits per heavy atom. The van der Waals surface area contributed by atoms with Gasteiger partial charge in [0.2, 0.25) is 0 Å². The topological polar surface area (TPSA) is 54.4 Å². The molecule has 10 heavy (non-hydrogen) atoms. The van der Waals surface area contributed by atoms with Crippen LogP contribution in [0.25, 0.3) is 0 Å². The molecule has 0 aliphatic rings. The quantitative estimate of drug-likeness (QED) is 0.403. The molecule has 0 aliphatic heterocycles. The molecule has 0 fully saturated rings. The van der Waals surface area contributed by atoms with E-state index in [1.54, 1.807) is 0 Å². The van der Waals surface area contributed by atoms with E-state index in [1.165, 1.54) is 0 Å². The van der Waals surface area contributed by atoms with Crippen LogP contribution in [0.3, 0.4) is 0 Å². The van der Waals surface area contributed by atoms with Gasteiger partial charge in [-0.3, -0.25) is 4.79 Å². The lowest BCUT2D eigenvalue weighted by molar-refractivity contribution is -0.132. The van der Waals surface area contributed by atoms with Gasteiger partial charge in [0, 0.05) is 5.57 Å². The summed E-state index contributed by atoms with van der Waals surface area (Å²) in [6, 6.07) is 0. The lowest BCUT2D eigenvalue weighted by Crippen LogP contribution is -2.00. The smallest absolute Gasteiger partial charge is 0.347 e. The summed E-state index contributed by atoms with van der Waals surface area (Å²) in [6.45, 7) is 0. The number of halogens is 2. The van der Waals surface area contributed by atoms with Gasteiger partial charge in [0.15, 0.2) is 0 Å². The number of hydrogen-bond donors (Lipinski definition) is 1. The summed E-state index contributed by atoms with van der Waals surface area (Å²) in [5.74, 6) is -1.53. The molecular formula is C5H4Cl2O3. The predicted molar refractivity (Wildman–Crippen MR) is 37.3 cm³/mol. The number of hydrogen-bond acceptors (Lipinski definition) is 2. The Kier molecular flexibility index (Phi) is 4.07. The van der Waals surface area contributed by atoms with Gasteiger partial charge in [-0.05, 0) is 0 Å². The third-order valence-electron chi connectivity index (χ3n) is 0.756. The van der Waals surface area contributed by atoms with Crippen LogP contribution in [0.4, 0.5) is 0 Å². The first kappa shape index (κ1) is 9.46. The van der Waals surface area contributed by atoms with Gasteiger partial charge in [-0.2, -0.15) is 0 Å². The number of carboxylic acids is 1. The normalized spacial score (nSPS) is 12.2. The van der Waals surface area contributed by atoms with Crippen LogP contribution in [-0.2, 0) is 9.59 Å². The van der Waals surface area contributed by atoms with E-state index < -0.39 is 11.0 Å². The van der Waals surface area contributed by atoms with E-state index in [9.17, 15) is 9.59 Å². The molecule has 0 unspecified atom stereocenters. The van der Waals surface area contributed by atoms with Crippen molar-refractivity contribution in [2.24, 2.45) is 0 Å². The minimum absolute atomic E-state index is 0.115. The number of rotatable bonds is 3. The summed E-state index contributed by atoms with van der Waals surface area (Å²) in [6.07, 6.45) is 0.323. The summed E-state index contributed by atoms with van der Waals surface area (Å²) < 4.78 is 0. The van der Waals surface area contributed by atoms with Crippen molar-refractivity contribution in [3.63, 3.8) is 0 Å². The molecule has 3 nitrogen and oxygen atoms in total. The molecule has 0 aromatic heterocycles. The van der Waals surface area contributed by atoms with E-state index in [2.05, 4.69) is 0 Å².